The van der Waals surface area contributed by atoms with Gasteiger partial charge in [0.15, 0.2) is 5.05 Å². The van der Waals surface area contributed by atoms with Gasteiger partial charge in [0.2, 0.25) is 0 Å². The van der Waals surface area contributed by atoms with Crippen LogP contribution in [-0.2, 0) is 16.0 Å². The molecule has 0 saturated heterocycles. The number of benzene rings is 1. The lowest BCUT2D eigenvalue weighted by atomic mass is 10.1. The van der Waals surface area contributed by atoms with E-state index in [4.69, 9.17) is 22.1 Å². The predicted molar refractivity (Wildman–Crippen MR) is 70.3 cm³/mol. The van der Waals surface area contributed by atoms with Crippen molar-refractivity contribution in [2.24, 2.45) is 0 Å². The molecule has 0 unspecified atom stereocenters. The minimum Gasteiger partial charge on any atom is -0.481 e. The fourth-order valence-corrected chi connectivity index (χ4v) is 1.66. The summed E-state index contributed by atoms with van der Waals surface area (Å²) in [5.74, 6) is -0.841. The first-order valence-corrected chi connectivity index (χ1v) is 5.73. The third kappa shape index (κ3) is 4.95. The molecule has 92 valence electrons. The molecule has 17 heavy (non-hydrogen) atoms. The van der Waals surface area contributed by atoms with E-state index < -0.39 is 5.97 Å². The van der Waals surface area contributed by atoms with Crippen LogP contribution in [0.5, 0.6) is 0 Å². The number of carbonyl (C=O) groups is 1. The maximum absolute atomic E-state index is 10.5. The maximum Gasteiger partial charge on any atom is 0.307 e. The summed E-state index contributed by atoms with van der Waals surface area (Å²) in [5.41, 5.74) is 1.22. The molecule has 0 spiro atoms. The van der Waals surface area contributed by atoms with E-state index in [0.717, 1.165) is 11.1 Å². The average molecular weight is 252 g/mol. The van der Waals surface area contributed by atoms with Crippen LogP contribution in [0.15, 0.2) is 24.3 Å². The van der Waals surface area contributed by atoms with Crippen molar-refractivity contribution >= 4 is 23.2 Å². The normalized spacial score (nSPS) is 11.0. The van der Waals surface area contributed by atoms with Gasteiger partial charge in [-0.1, -0.05) is 24.3 Å². The van der Waals surface area contributed by atoms with Gasteiger partial charge in [0.25, 0.3) is 0 Å². The monoisotopic (exact) mass is 252 g/mol. The molecule has 0 aliphatic heterocycles. The number of carboxylic acids is 1. The molecule has 1 N–H and O–H groups in total. The SMILES string of the molecule is CC(C)(C)OC(=S)c1ccc(CC(=O)O)cc1. The summed E-state index contributed by atoms with van der Waals surface area (Å²) in [4.78, 5) is 10.5. The zero-order valence-corrected chi connectivity index (χ0v) is 11.0. The first-order chi connectivity index (χ1) is 7.78. The van der Waals surface area contributed by atoms with Crippen molar-refractivity contribution in [1.29, 1.82) is 0 Å². The van der Waals surface area contributed by atoms with Crippen LogP contribution >= 0.6 is 12.2 Å². The zero-order valence-electron chi connectivity index (χ0n) is 10.2. The molecule has 0 atom stereocenters. The van der Waals surface area contributed by atoms with Gasteiger partial charge in [-0.05, 0) is 38.6 Å². The van der Waals surface area contributed by atoms with Gasteiger partial charge in [-0.15, -0.1) is 0 Å². The number of aliphatic carboxylic acids is 1. The maximum atomic E-state index is 10.5. The summed E-state index contributed by atoms with van der Waals surface area (Å²) in [6.45, 7) is 5.79. The fourth-order valence-electron chi connectivity index (χ4n) is 1.27. The smallest absolute Gasteiger partial charge is 0.307 e. The lowest BCUT2D eigenvalue weighted by Gasteiger charge is -2.21. The summed E-state index contributed by atoms with van der Waals surface area (Å²) in [7, 11) is 0. The van der Waals surface area contributed by atoms with Crippen molar-refractivity contribution in [3.05, 3.63) is 35.4 Å². The van der Waals surface area contributed by atoms with Gasteiger partial charge in [-0.2, -0.15) is 0 Å². The second-order valence-electron chi connectivity index (χ2n) is 4.77. The van der Waals surface area contributed by atoms with Crippen LogP contribution in [0.1, 0.15) is 31.9 Å². The van der Waals surface area contributed by atoms with Crippen molar-refractivity contribution in [1.82, 2.24) is 0 Å². The Kier molecular flexibility index (Phi) is 4.23. The van der Waals surface area contributed by atoms with Crippen LogP contribution in [-0.4, -0.2) is 21.7 Å². The third-order valence-electron chi connectivity index (χ3n) is 1.94. The average Bonchev–Trinajstić information content (AvgIpc) is 2.15. The van der Waals surface area contributed by atoms with Gasteiger partial charge in [0.1, 0.15) is 5.60 Å². The molecule has 0 fully saturated rings. The molecule has 0 aromatic heterocycles. The van der Waals surface area contributed by atoms with E-state index in [9.17, 15) is 4.79 Å². The Morgan fingerprint density at radius 3 is 2.24 bits per heavy atom. The van der Waals surface area contributed by atoms with Crippen molar-refractivity contribution in [2.45, 2.75) is 32.8 Å². The predicted octanol–water partition coefficient (Wildman–Crippen LogP) is 2.80. The van der Waals surface area contributed by atoms with E-state index in [1.807, 2.05) is 20.8 Å². The summed E-state index contributed by atoms with van der Waals surface area (Å²) in [6.07, 6.45) is 0.0210. The van der Waals surface area contributed by atoms with Crippen LogP contribution in [0.4, 0.5) is 0 Å². The van der Waals surface area contributed by atoms with Gasteiger partial charge >= 0.3 is 5.97 Å². The number of hydrogen-bond donors (Lipinski definition) is 1. The molecular formula is C13H16O3S. The van der Waals surface area contributed by atoms with Crippen LogP contribution in [0.3, 0.4) is 0 Å². The van der Waals surface area contributed by atoms with Crippen molar-refractivity contribution in [3.8, 4) is 0 Å². The van der Waals surface area contributed by atoms with E-state index in [0.29, 0.717) is 5.05 Å². The molecule has 1 rings (SSSR count). The Bertz CT molecular complexity index is 415. The second kappa shape index (κ2) is 5.27. The van der Waals surface area contributed by atoms with E-state index in [2.05, 4.69) is 0 Å². The molecule has 3 nitrogen and oxygen atoms in total. The van der Waals surface area contributed by atoms with Gasteiger partial charge in [-0.3, -0.25) is 4.79 Å². The van der Waals surface area contributed by atoms with E-state index >= 15 is 0 Å². The highest BCUT2D eigenvalue weighted by Crippen LogP contribution is 2.14. The summed E-state index contributed by atoms with van der Waals surface area (Å²) < 4.78 is 5.56. The van der Waals surface area contributed by atoms with Gasteiger partial charge in [0, 0.05) is 5.56 Å². The summed E-state index contributed by atoms with van der Waals surface area (Å²) in [6, 6.07) is 7.07. The highest BCUT2D eigenvalue weighted by atomic mass is 32.1. The molecule has 0 bridgehead atoms. The molecule has 4 heteroatoms. The highest BCUT2D eigenvalue weighted by Gasteiger charge is 2.14. The third-order valence-corrected chi connectivity index (χ3v) is 2.26. The Labute approximate surface area is 106 Å². The largest absolute Gasteiger partial charge is 0.481 e. The van der Waals surface area contributed by atoms with E-state index in [1.54, 1.807) is 24.3 Å². The quantitative estimate of drug-likeness (QED) is 0.840. The molecule has 1 aromatic carbocycles. The van der Waals surface area contributed by atoms with Crippen LogP contribution < -0.4 is 0 Å². The zero-order chi connectivity index (χ0) is 13.1. The Morgan fingerprint density at radius 1 is 1.29 bits per heavy atom. The van der Waals surface area contributed by atoms with Crippen molar-refractivity contribution < 1.29 is 14.6 Å². The molecule has 0 amide bonds. The highest BCUT2D eigenvalue weighted by molar-refractivity contribution is 7.80. The fraction of sp³-hybridized carbons (Fsp3) is 0.385. The van der Waals surface area contributed by atoms with Gasteiger partial charge < -0.3 is 9.84 Å². The summed E-state index contributed by atoms with van der Waals surface area (Å²) >= 11 is 5.16. The van der Waals surface area contributed by atoms with Crippen LogP contribution in [0.25, 0.3) is 0 Å². The standard InChI is InChI=1S/C13H16O3S/c1-13(2,3)16-12(17)10-6-4-9(5-7-10)8-11(14)15/h4-7H,8H2,1-3H3,(H,14,15). The molecule has 0 aliphatic carbocycles. The number of thiocarbonyl (C=S) groups is 1. The Balaban J connectivity index is 2.74. The first-order valence-electron chi connectivity index (χ1n) is 5.32. The lowest BCUT2D eigenvalue weighted by Crippen LogP contribution is -2.23. The summed E-state index contributed by atoms with van der Waals surface area (Å²) in [5, 5.41) is 9.08. The molecule has 0 heterocycles. The number of rotatable bonds is 3. The number of carboxylic acid groups (broad SMARTS) is 1. The molecule has 0 aliphatic rings. The molecule has 0 radical (unpaired) electrons. The Hall–Kier alpha value is -1.42. The molecule has 0 saturated carbocycles. The Morgan fingerprint density at radius 2 is 1.82 bits per heavy atom. The van der Waals surface area contributed by atoms with E-state index in [-0.39, 0.29) is 12.0 Å². The minimum absolute atomic E-state index is 0.0210. The van der Waals surface area contributed by atoms with Crippen LogP contribution in [0, 0.1) is 0 Å². The number of ether oxygens (including phenoxy) is 1. The van der Waals surface area contributed by atoms with Crippen LogP contribution in [0.2, 0.25) is 0 Å². The van der Waals surface area contributed by atoms with Gasteiger partial charge in [-0.25, -0.2) is 0 Å². The lowest BCUT2D eigenvalue weighted by molar-refractivity contribution is -0.136. The number of hydrogen-bond acceptors (Lipinski definition) is 3. The second-order valence-corrected chi connectivity index (χ2v) is 5.14. The molecular weight excluding hydrogens is 236 g/mol. The first kappa shape index (κ1) is 13.6. The topological polar surface area (TPSA) is 46.5 Å². The minimum atomic E-state index is -0.841. The van der Waals surface area contributed by atoms with Crippen molar-refractivity contribution in [3.63, 3.8) is 0 Å². The van der Waals surface area contributed by atoms with E-state index in [1.165, 1.54) is 0 Å². The van der Waals surface area contributed by atoms with Crippen molar-refractivity contribution in [2.75, 3.05) is 0 Å². The van der Waals surface area contributed by atoms with Gasteiger partial charge in [0.05, 0.1) is 6.42 Å². The molecule has 1 aromatic rings.